The maximum atomic E-state index is 13.2. The Morgan fingerprint density at radius 3 is 2.50 bits per heavy atom. The molecule has 0 radical (unpaired) electrons. The van der Waals surface area contributed by atoms with Gasteiger partial charge < -0.3 is 19.1 Å². The molecule has 6 nitrogen and oxygen atoms in total. The Kier molecular flexibility index (Phi) is 9.69. The summed E-state index contributed by atoms with van der Waals surface area (Å²) in [5, 5.41) is 5.18. The summed E-state index contributed by atoms with van der Waals surface area (Å²) in [5.74, 6) is 0.367. The predicted octanol–water partition coefficient (Wildman–Crippen LogP) is 6.98. The molecule has 0 aromatic carbocycles. The van der Waals surface area contributed by atoms with Crippen LogP contribution in [0.1, 0.15) is 78.5 Å². The maximum Gasteiger partial charge on any atom is 0.481 e. The zero-order chi connectivity index (χ0) is 29.7. The monoisotopic (exact) mass is 629 g/mol. The van der Waals surface area contributed by atoms with E-state index >= 15 is 0 Å². The largest absolute Gasteiger partial charge is 0.481 e. The summed E-state index contributed by atoms with van der Waals surface area (Å²) in [6.45, 7) is 17.7. The molecule has 1 aromatic rings. The second-order valence-corrected chi connectivity index (χ2v) is 21.2. The molecule has 5 rings (SSSR count). The van der Waals surface area contributed by atoms with E-state index in [1.54, 1.807) is 11.3 Å². The van der Waals surface area contributed by atoms with E-state index in [1.807, 2.05) is 17.5 Å². The summed E-state index contributed by atoms with van der Waals surface area (Å²) in [6.07, 6.45) is 3.32. The zero-order valence-electron chi connectivity index (χ0n) is 25.2. The van der Waals surface area contributed by atoms with Crippen molar-refractivity contribution in [3.8, 4) is 0 Å². The van der Waals surface area contributed by atoms with Crippen molar-refractivity contribution in [1.82, 2.24) is 5.32 Å². The van der Waals surface area contributed by atoms with Gasteiger partial charge in [-0.2, -0.15) is 0 Å². The number of hydrogen-bond donors (Lipinski definition) is 1. The van der Waals surface area contributed by atoms with Gasteiger partial charge in [0, 0.05) is 11.3 Å². The average Bonchev–Trinajstić information content (AvgIpc) is 3.46. The SMILES string of the molecule is CC1(C)[C@@H]2C[C@H]3OB([C@H](CC[C@@H](CC(=O)C(Cl)Cl)O[Si](C)(C)C(C)(C)C)NC(=O)Cc4cccs4)O[C@@]3(C)[C@H]1C2. The van der Waals surface area contributed by atoms with Crippen LogP contribution in [-0.2, 0) is 29.7 Å². The van der Waals surface area contributed by atoms with Crippen molar-refractivity contribution < 1.29 is 23.3 Å². The first-order valence-electron chi connectivity index (χ1n) is 14.6. The second-order valence-electron chi connectivity index (χ2n) is 14.3. The van der Waals surface area contributed by atoms with Crippen molar-refractivity contribution in [3.05, 3.63) is 22.4 Å². The molecular formula is C29H46BCl2NO5SSi. The van der Waals surface area contributed by atoms with Crippen LogP contribution in [-0.4, -0.2) is 55.7 Å². The minimum atomic E-state index is -2.19. The van der Waals surface area contributed by atoms with Gasteiger partial charge in [-0.05, 0) is 79.4 Å². The van der Waals surface area contributed by atoms with Gasteiger partial charge in [-0.15, -0.1) is 11.3 Å². The van der Waals surface area contributed by atoms with Gasteiger partial charge in [-0.25, -0.2) is 0 Å². The van der Waals surface area contributed by atoms with Gasteiger partial charge in [0.15, 0.2) is 18.9 Å². The van der Waals surface area contributed by atoms with E-state index in [4.69, 9.17) is 36.9 Å². The first kappa shape index (κ1) is 32.5. The fourth-order valence-corrected chi connectivity index (χ4v) is 8.92. The molecular weight excluding hydrogens is 584 g/mol. The van der Waals surface area contributed by atoms with E-state index in [1.165, 1.54) is 0 Å². The molecule has 1 N–H and O–H groups in total. The van der Waals surface area contributed by atoms with Crippen molar-refractivity contribution in [2.75, 3.05) is 0 Å². The van der Waals surface area contributed by atoms with Crippen LogP contribution in [0.2, 0.25) is 18.1 Å². The normalized spacial score (nSPS) is 29.1. The lowest BCUT2D eigenvalue weighted by molar-refractivity contribution is -0.199. The second kappa shape index (κ2) is 11.9. The smallest absolute Gasteiger partial charge is 0.413 e. The molecule has 0 unspecified atom stereocenters. The van der Waals surface area contributed by atoms with E-state index in [0.717, 1.165) is 17.7 Å². The Morgan fingerprint density at radius 2 is 1.93 bits per heavy atom. The van der Waals surface area contributed by atoms with E-state index in [2.05, 4.69) is 60.0 Å². The lowest BCUT2D eigenvalue weighted by Crippen LogP contribution is -2.65. The third-order valence-corrected chi connectivity index (χ3v) is 16.2. The standard InChI is InChI=1S/C29H46BCl2NO5SSi/c1-27(2,3)40(7,8)37-19(16-21(34)26(31)32)11-12-24(33-25(35)17-20-10-9-13-39-20)30-36-23-15-18-14-22(28(18,4)5)29(23,6)38-30/h9-10,13,18-19,22-24,26H,11-12,14-17H2,1-8H3,(H,33,35)/t18-,19-,22-,23+,24-,29-/m0/s1. The van der Waals surface area contributed by atoms with Crippen LogP contribution in [0.4, 0.5) is 0 Å². The van der Waals surface area contributed by atoms with Crippen LogP contribution < -0.4 is 5.32 Å². The Labute approximate surface area is 255 Å². The highest BCUT2D eigenvalue weighted by Crippen LogP contribution is 2.65. The third kappa shape index (κ3) is 6.71. The molecule has 11 heteroatoms. The number of thiophene rings is 1. The van der Waals surface area contributed by atoms with Crippen molar-refractivity contribution in [2.45, 2.75) is 127 Å². The number of halogens is 2. The van der Waals surface area contributed by atoms with Crippen molar-refractivity contribution in [1.29, 1.82) is 0 Å². The molecule has 0 spiro atoms. The van der Waals surface area contributed by atoms with Crippen LogP contribution in [0.25, 0.3) is 0 Å². The molecule has 1 aliphatic heterocycles. The molecule has 1 saturated heterocycles. The Morgan fingerprint density at radius 1 is 1.23 bits per heavy atom. The number of alkyl halides is 2. The molecule has 4 fully saturated rings. The van der Waals surface area contributed by atoms with Crippen LogP contribution in [0.5, 0.6) is 0 Å². The van der Waals surface area contributed by atoms with Crippen molar-refractivity contribution in [2.24, 2.45) is 17.3 Å². The molecule has 2 bridgehead atoms. The highest BCUT2D eigenvalue weighted by molar-refractivity contribution is 7.10. The molecule has 3 saturated carbocycles. The number of nitrogens with one attached hydrogen (secondary N) is 1. The highest BCUT2D eigenvalue weighted by atomic mass is 35.5. The first-order chi connectivity index (χ1) is 18.4. The fourth-order valence-electron chi connectivity index (χ4n) is 6.65. The lowest BCUT2D eigenvalue weighted by Gasteiger charge is -2.64. The minimum Gasteiger partial charge on any atom is -0.413 e. The van der Waals surface area contributed by atoms with Gasteiger partial charge in [-0.1, -0.05) is 63.9 Å². The molecule has 224 valence electrons. The summed E-state index contributed by atoms with van der Waals surface area (Å²) < 4.78 is 20.1. The topological polar surface area (TPSA) is 73.9 Å². The summed E-state index contributed by atoms with van der Waals surface area (Å²) >= 11 is 13.4. The first-order valence-corrected chi connectivity index (χ1v) is 19.2. The average molecular weight is 631 g/mol. The number of ketones is 1. The van der Waals surface area contributed by atoms with Gasteiger partial charge in [0.2, 0.25) is 5.91 Å². The Hall–Kier alpha value is -0.418. The van der Waals surface area contributed by atoms with E-state index in [9.17, 15) is 9.59 Å². The Balaban J connectivity index is 1.52. The third-order valence-electron chi connectivity index (χ3n) is 10.3. The van der Waals surface area contributed by atoms with Gasteiger partial charge in [0.25, 0.3) is 0 Å². The fraction of sp³-hybridized carbons (Fsp3) is 0.793. The molecule has 2 heterocycles. The van der Waals surface area contributed by atoms with Crippen molar-refractivity contribution in [3.63, 3.8) is 0 Å². The lowest BCUT2D eigenvalue weighted by atomic mass is 9.43. The number of amides is 1. The predicted molar refractivity (Wildman–Crippen MR) is 166 cm³/mol. The number of carbonyl (C=O) groups excluding carboxylic acids is 2. The Bertz CT molecular complexity index is 1070. The van der Waals surface area contributed by atoms with E-state index < -0.39 is 20.3 Å². The summed E-state index contributed by atoms with van der Waals surface area (Å²) in [7, 11) is -2.75. The molecule has 1 amide bonds. The maximum absolute atomic E-state index is 13.2. The van der Waals surface area contributed by atoms with Gasteiger partial charge in [0.1, 0.15) is 0 Å². The number of hydrogen-bond acceptors (Lipinski definition) is 6. The molecule has 1 aromatic heterocycles. The molecule has 40 heavy (non-hydrogen) atoms. The van der Waals surface area contributed by atoms with Gasteiger partial charge in [0.05, 0.1) is 30.2 Å². The summed E-state index contributed by atoms with van der Waals surface area (Å²) in [4.78, 5) is 25.7. The van der Waals surface area contributed by atoms with Crippen LogP contribution in [0, 0.1) is 17.3 Å². The van der Waals surface area contributed by atoms with Gasteiger partial charge in [-0.3, -0.25) is 9.59 Å². The van der Waals surface area contributed by atoms with Crippen LogP contribution in [0.15, 0.2) is 17.5 Å². The van der Waals surface area contributed by atoms with Gasteiger partial charge >= 0.3 is 7.12 Å². The highest BCUT2D eigenvalue weighted by Gasteiger charge is 2.68. The van der Waals surface area contributed by atoms with Crippen LogP contribution >= 0.6 is 34.5 Å². The van der Waals surface area contributed by atoms with E-state index in [0.29, 0.717) is 31.1 Å². The number of Topliss-reactive ketones (excluding diaryl/α,β-unsaturated/α-hetero) is 1. The molecule has 6 atom stereocenters. The quantitative estimate of drug-likeness (QED) is 0.199. The van der Waals surface area contributed by atoms with Crippen LogP contribution in [0.3, 0.4) is 0 Å². The number of rotatable bonds is 12. The van der Waals surface area contributed by atoms with E-state index in [-0.39, 0.29) is 52.3 Å². The summed E-state index contributed by atoms with van der Waals surface area (Å²) in [6, 6.07) is 3.92. The number of carbonyl (C=O) groups is 2. The summed E-state index contributed by atoms with van der Waals surface area (Å²) in [5.41, 5.74) is -0.152. The zero-order valence-corrected chi connectivity index (χ0v) is 28.5. The molecule has 3 aliphatic carbocycles. The minimum absolute atomic E-state index is 0.0140. The molecule has 4 aliphatic rings. The van der Waals surface area contributed by atoms with Crippen molar-refractivity contribution >= 4 is 61.7 Å².